The second-order valence-electron chi connectivity index (χ2n) is 5.38. The van der Waals surface area contributed by atoms with E-state index < -0.39 is 28.7 Å². The van der Waals surface area contributed by atoms with Crippen molar-refractivity contribution >= 4 is 22.7 Å². The smallest absolute Gasteiger partial charge is 0.279 e. The zero-order valence-electron chi connectivity index (χ0n) is 13.3. The topological polar surface area (TPSA) is 100 Å². The number of aromatic hydroxyl groups is 1. The van der Waals surface area contributed by atoms with Gasteiger partial charge in [0.15, 0.2) is 0 Å². The van der Waals surface area contributed by atoms with Crippen LogP contribution in [-0.4, -0.2) is 21.5 Å². The van der Waals surface area contributed by atoms with E-state index in [4.69, 9.17) is 0 Å². The van der Waals surface area contributed by atoms with Crippen LogP contribution in [0.5, 0.6) is 5.75 Å². The summed E-state index contributed by atoms with van der Waals surface area (Å²) in [6.07, 6.45) is 0. The van der Waals surface area contributed by atoms with Crippen molar-refractivity contribution in [3.63, 3.8) is 0 Å². The molecular weight excluding hydrogens is 322 g/mol. The van der Waals surface area contributed by atoms with E-state index in [1.54, 1.807) is 54.6 Å². The Balaban J connectivity index is 1.90. The van der Waals surface area contributed by atoms with Crippen LogP contribution in [0.2, 0.25) is 0 Å². The summed E-state index contributed by atoms with van der Waals surface area (Å²) in [6, 6.07) is 14.9. The highest BCUT2D eigenvalue weighted by Crippen LogP contribution is 2.25. The summed E-state index contributed by atoms with van der Waals surface area (Å²) in [5.41, 5.74) is 4.12. The number of amides is 2. The zero-order valence-corrected chi connectivity index (χ0v) is 13.3. The van der Waals surface area contributed by atoms with Crippen molar-refractivity contribution in [2.45, 2.75) is 0 Å². The number of hydrogen-bond acceptors (Lipinski definition) is 4. The number of hydrogen-bond donors (Lipinski definition) is 3. The van der Waals surface area contributed by atoms with Gasteiger partial charge in [0.1, 0.15) is 11.3 Å². The van der Waals surface area contributed by atoms with Crippen LogP contribution >= 0.6 is 0 Å². The van der Waals surface area contributed by atoms with Crippen LogP contribution in [0, 0.1) is 0 Å². The van der Waals surface area contributed by atoms with Crippen molar-refractivity contribution in [1.82, 2.24) is 15.4 Å². The van der Waals surface area contributed by atoms with E-state index in [2.05, 4.69) is 10.9 Å². The fourth-order valence-corrected chi connectivity index (χ4v) is 2.52. The lowest BCUT2D eigenvalue weighted by Gasteiger charge is -2.12. The van der Waals surface area contributed by atoms with E-state index >= 15 is 0 Å². The minimum Gasteiger partial charge on any atom is -0.506 e. The number of carbonyl (C=O) groups is 2. The van der Waals surface area contributed by atoms with Crippen molar-refractivity contribution in [2.24, 2.45) is 7.05 Å². The van der Waals surface area contributed by atoms with E-state index in [9.17, 15) is 19.5 Å². The van der Waals surface area contributed by atoms with Gasteiger partial charge >= 0.3 is 0 Å². The lowest BCUT2D eigenvalue weighted by Crippen LogP contribution is -2.44. The number of pyridine rings is 1. The summed E-state index contributed by atoms with van der Waals surface area (Å²) in [5, 5.41) is 10.7. The molecule has 7 heteroatoms. The maximum Gasteiger partial charge on any atom is 0.279 e. The molecule has 0 aliphatic rings. The average molecular weight is 337 g/mol. The van der Waals surface area contributed by atoms with Gasteiger partial charge in [-0.2, -0.15) is 0 Å². The minimum atomic E-state index is -0.895. The highest BCUT2D eigenvalue weighted by Gasteiger charge is 2.21. The first-order chi connectivity index (χ1) is 12.0. The van der Waals surface area contributed by atoms with Crippen LogP contribution in [0.4, 0.5) is 0 Å². The molecule has 0 atom stereocenters. The maximum atomic E-state index is 12.4. The minimum absolute atomic E-state index is 0.346. The molecule has 0 unspecified atom stereocenters. The summed E-state index contributed by atoms with van der Waals surface area (Å²) in [6.45, 7) is 0. The van der Waals surface area contributed by atoms with Crippen LogP contribution in [0.1, 0.15) is 20.7 Å². The van der Waals surface area contributed by atoms with Crippen LogP contribution in [0.15, 0.2) is 59.4 Å². The summed E-state index contributed by atoms with van der Waals surface area (Å²) in [7, 11) is 1.50. The number of hydrazine groups is 1. The Morgan fingerprint density at radius 1 is 0.920 bits per heavy atom. The van der Waals surface area contributed by atoms with Gasteiger partial charge < -0.3 is 9.67 Å². The average Bonchev–Trinajstić information content (AvgIpc) is 2.65. The Bertz CT molecular complexity index is 1030. The number of aromatic nitrogens is 1. The Kier molecular flexibility index (Phi) is 4.21. The van der Waals surface area contributed by atoms with E-state index in [0.717, 1.165) is 0 Å². The molecule has 3 aromatic rings. The molecule has 126 valence electrons. The molecule has 3 rings (SSSR count). The SMILES string of the molecule is Cn1c(=O)c(C(=O)NNC(=O)c2ccccc2)c(O)c2ccccc21. The quantitative estimate of drug-likeness (QED) is 0.614. The standard InChI is InChI=1S/C18H15N3O4/c1-21-13-10-6-5-9-12(13)15(22)14(18(21)25)17(24)20-19-16(23)11-7-3-2-4-8-11/h2-10,22H,1H3,(H,19,23)(H,20,24). The first kappa shape index (κ1) is 16.3. The Morgan fingerprint density at radius 3 is 2.24 bits per heavy atom. The first-order valence-corrected chi connectivity index (χ1v) is 7.47. The number of nitrogens with zero attached hydrogens (tertiary/aromatic N) is 1. The Morgan fingerprint density at radius 2 is 1.52 bits per heavy atom. The lowest BCUT2D eigenvalue weighted by atomic mass is 10.1. The number of rotatable bonds is 2. The molecule has 0 aliphatic heterocycles. The lowest BCUT2D eigenvalue weighted by molar-refractivity contribution is 0.0844. The normalized spacial score (nSPS) is 10.4. The largest absolute Gasteiger partial charge is 0.506 e. The van der Waals surface area contributed by atoms with E-state index in [1.165, 1.54) is 11.6 Å². The molecule has 2 amide bonds. The molecule has 1 aromatic heterocycles. The molecule has 0 spiro atoms. The van der Waals surface area contributed by atoms with Gasteiger partial charge in [0.25, 0.3) is 17.4 Å². The van der Waals surface area contributed by atoms with Gasteiger partial charge in [-0.3, -0.25) is 25.2 Å². The Labute approximate surface area is 142 Å². The predicted octanol–water partition coefficient (Wildman–Crippen LogP) is 1.32. The summed E-state index contributed by atoms with van der Waals surface area (Å²) >= 11 is 0. The fourth-order valence-electron chi connectivity index (χ4n) is 2.52. The molecule has 0 aliphatic carbocycles. The molecule has 0 saturated heterocycles. The molecule has 0 radical (unpaired) electrons. The molecule has 1 heterocycles. The van der Waals surface area contributed by atoms with Gasteiger partial charge in [-0.15, -0.1) is 0 Å². The highest BCUT2D eigenvalue weighted by molar-refractivity contribution is 6.03. The van der Waals surface area contributed by atoms with E-state index in [-0.39, 0.29) is 0 Å². The number of para-hydroxylation sites is 1. The third-order valence-electron chi connectivity index (χ3n) is 3.83. The highest BCUT2D eigenvalue weighted by atomic mass is 16.3. The van der Waals surface area contributed by atoms with Crippen LogP contribution in [0.3, 0.4) is 0 Å². The summed E-state index contributed by atoms with van der Waals surface area (Å²) in [5.74, 6) is -1.86. The molecule has 25 heavy (non-hydrogen) atoms. The van der Waals surface area contributed by atoms with Gasteiger partial charge in [-0.05, 0) is 24.3 Å². The molecule has 0 saturated carbocycles. The number of carbonyl (C=O) groups excluding carboxylic acids is 2. The number of benzene rings is 2. The van der Waals surface area contributed by atoms with E-state index in [1.807, 2.05) is 0 Å². The van der Waals surface area contributed by atoms with Crippen LogP contribution < -0.4 is 16.4 Å². The van der Waals surface area contributed by atoms with E-state index in [0.29, 0.717) is 16.5 Å². The zero-order chi connectivity index (χ0) is 18.0. The number of fused-ring (bicyclic) bond motifs is 1. The molecule has 2 aromatic carbocycles. The van der Waals surface area contributed by atoms with Crippen molar-refractivity contribution in [3.05, 3.63) is 76.1 Å². The molecule has 7 nitrogen and oxygen atoms in total. The molecular formula is C18H15N3O4. The molecule has 3 N–H and O–H groups in total. The van der Waals surface area contributed by atoms with Crippen molar-refractivity contribution < 1.29 is 14.7 Å². The second-order valence-corrected chi connectivity index (χ2v) is 5.38. The maximum absolute atomic E-state index is 12.4. The molecule has 0 bridgehead atoms. The number of nitrogens with one attached hydrogen (secondary N) is 2. The monoisotopic (exact) mass is 337 g/mol. The summed E-state index contributed by atoms with van der Waals surface area (Å²) < 4.78 is 1.27. The van der Waals surface area contributed by atoms with Crippen molar-refractivity contribution in [3.8, 4) is 5.75 Å². The first-order valence-electron chi connectivity index (χ1n) is 7.47. The van der Waals surface area contributed by atoms with Gasteiger partial charge in [0.05, 0.1) is 5.52 Å². The van der Waals surface area contributed by atoms with Gasteiger partial charge in [0.2, 0.25) is 0 Å². The van der Waals surface area contributed by atoms with Crippen molar-refractivity contribution in [1.29, 1.82) is 0 Å². The number of aryl methyl sites for hydroxylation is 1. The van der Waals surface area contributed by atoms with Crippen molar-refractivity contribution in [2.75, 3.05) is 0 Å². The third kappa shape index (κ3) is 2.94. The fraction of sp³-hybridized carbons (Fsp3) is 0.0556. The van der Waals surface area contributed by atoms with Gasteiger partial charge in [-0.25, -0.2) is 0 Å². The third-order valence-corrected chi connectivity index (χ3v) is 3.83. The van der Waals surface area contributed by atoms with Gasteiger partial charge in [-0.1, -0.05) is 30.3 Å². The summed E-state index contributed by atoms with van der Waals surface area (Å²) in [4.78, 5) is 36.7. The van der Waals surface area contributed by atoms with Crippen LogP contribution in [0.25, 0.3) is 10.9 Å². The second kappa shape index (κ2) is 6.48. The van der Waals surface area contributed by atoms with Crippen LogP contribution in [-0.2, 0) is 7.05 Å². The van der Waals surface area contributed by atoms with Gasteiger partial charge in [0, 0.05) is 18.0 Å². The predicted molar refractivity (Wildman–Crippen MR) is 92.2 cm³/mol. The Hall–Kier alpha value is -3.61. The molecule has 0 fully saturated rings.